The number of carbonyl (C=O) groups is 1. The van der Waals surface area contributed by atoms with Crippen molar-refractivity contribution in [3.63, 3.8) is 0 Å². The predicted octanol–water partition coefficient (Wildman–Crippen LogP) is 0.651. The second-order valence-corrected chi connectivity index (χ2v) is 4.56. The van der Waals surface area contributed by atoms with Gasteiger partial charge in [0.25, 0.3) is 0 Å². The van der Waals surface area contributed by atoms with Gasteiger partial charge in [-0.25, -0.2) is 0 Å². The summed E-state index contributed by atoms with van der Waals surface area (Å²) in [5, 5.41) is 8.68. The minimum atomic E-state index is -0.682. The molecule has 0 aromatic carbocycles. The number of rotatable bonds is 4. The molecule has 0 bridgehead atoms. The highest BCUT2D eigenvalue weighted by atomic mass is 32.2. The van der Waals surface area contributed by atoms with Gasteiger partial charge in [0.2, 0.25) is 0 Å². The topological polar surface area (TPSA) is 40.5 Å². The quantitative estimate of drug-likeness (QED) is 0.701. The molecule has 0 amide bonds. The molecular formula is C8H13NO2S. The minimum Gasteiger partial charge on any atom is -0.480 e. The third kappa shape index (κ3) is 1.75. The highest BCUT2D eigenvalue weighted by molar-refractivity contribution is 8.00. The van der Waals surface area contributed by atoms with Crippen LogP contribution in [-0.4, -0.2) is 46.1 Å². The zero-order chi connectivity index (χ0) is 8.55. The molecule has 0 spiro atoms. The fourth-order valence-corrected chi connectivity index (χ4v) is 2.36. The van der Waals surface area contributed by atoms with Crippen molar-refractivity contribution in [3.8, 4) is 0 Å². The zero-order valence-corrected chi connectivity index (χ0v) is 7.72. The van der Waals surface area contributed by atoms with Crippen LogP contribution in [0.3, 0.4) is 0 Å². The number of nitrogens with zero attached hydrogens (tertiary/aromatic N) is 1. The van der Waals surface area contributed by atoms with E-state index in [0.717, 1.165) is 11.5 Å². The average Bonchev–Trinajstić information content (AvgIpc) is 2.60. The summed E-state index contributed by atoms with van der Waals surface area (Å²) >= 11 is 1.91. The second-order valence-electron chi connectivity index (χ2n) is 3.49. The van der Waals surface area contributed by atoms with E-state index in [9.17, 15) is 4.79 Å². The molecule has 1 aliphatic heterocycles. The largest absolute Gasteiger partial charge is 0.480 e. The van der Waals surface area contributed by atoms with Crippen LogP contribution in [-0.2, 0) is 4.79 Å². The van der Waals surface area contributed by atoms with Crippen molar-refractivity contribution in [2.24, 2.45) is 0 Å². The van der Waals surface area contributed by atoms with Crippen LogP contribution in [0, 0.1) is 0 Å². The van der Waals surface area contributed by atoms with Crippen LogP contribution in [0.25, 0.3) is 0 Å². The molecule has 1 heterocycles. The van der Waals surface area contributed by atoms with Gasteiger partial charge >= 0.3 is 5.97 Å². The van der Waals surface area contributed by atoms with E-state index in [1.807, 2.05) is 11.8 Å². The monoisotopic (exact) mass is 187 g/mol. The van der Waals surface area contributed by atoms with Crippen LogP contribution < -0.4 is 0 Å². The van der Waals surface area contributed by atoms with Crippen molar-refractivity contribution in [3.05, 3.63) is 0 Å². The molecule has 4 heteroatoms. The Bertz CT molecular complexity index is 189. The Morgan fingerprint density at radius 1 is 1.42 bits per heavy atom. The minimum absolute atomic E-state index is 0.246. The van der Waals surface area contributed by atoms with E-state index < -0.39 is 5.97 Å². The molecule has 0 unspecified atom stereocenters. The Morgan fingerprint density at radius 2 is 2.08 bits per heavy atom. The molecule has 2 aliphatic rings. The molecule has 2 fully saturated rings. The first-order valence-electron chi connectivity index (χ1n) is 4.32. The van der Waals surface area contributed by atoms with E-state index >= 15 is 0 Å². The van der Waals surface area contributed by atoms with Crippen LogP contribution in [0.4, 0.5) is 0 Å². The number of carboxylic acid groups (broad SMARTS) is 1. The molecule has 0 radical (unpaired) electrons. The molecule has 1 aliphatic carbocycles. The third-order valence-corrected chi connectivity index (χ3v) is 3.66. The first-order valence-corrected chi connectivity index (χ1v) is 5.48. The van der Waals surface area contributed by atoms with E-state index in [1.54, 1.807) is 0 Å². The predicted molar refractivity (Wildman–Crippen MR) is 48.5 cm³/mol. The van der Waals surface area contributed by atoms with Crippen LogP contribution in [0.2, 0.25) is 0 Å². The summed E-state index contributed by atoms with van der Waals surface area (Å²) < 4.78 is 0. The lowest BCUT2D eigenvalue weighted by atomic mass is 10.3. The summed E-state index contributed by atoms with van der Waals surface area (Å²) in [6.07, 6.45) is 2.41. The molecule has 1 saturated heterocycles. The number of carboxylic acids is 1. The van der Waals surface area contributed by atoms with Gasteiger partial charge in [-0.05, 0) is 12.8 Å². The molecule has 0 atom stereocenters. The Hall–Kier alpha value is -0.220. The highest BCUT2D eigenvalue weighted by Crippen LogP contribution is 2.33. The summed E-state index contributed by atoms with van der Waals surface area (Å²) in [5.74, 6) is 1.58. The molecule has 2 rings (SSSR count). The van der Waals surface area contributed by atoms with Crippen molar-refractivity contribution in [1.82, 2.24) is 4.90 Å². The maximum atomic E-state index is 10.5. The van der Waals surface area contributed by atoms with Crippen molar-refractivity contribution in [1.29, 1.82) is 0 Å². The fraction of sp³-hybridized carbons (Fsp3) is 0.875. The van der Waals surface area contributed by atoms with Crippen LogP contribution >= 0.6 is 11.8 Å². The van der Waals surface area contributed by atoms with Gasteiger partial charge < -0.3 is 5.11 Å². The van der Waals surface area contributed by atoms with Gasteiger partial charge in [0.1, 0.15) is 0 Å². The molecule has 0 aromatic heterocycles. The highest BCUT2D eigenvalue weighted by Gasteiger charge is 2.37. The molecule has 68 valence electrons. The normalized spacial score (nSPS) is 24.1. The second kappa shape index (κ2) is 3.26. The smallest absolute Gasteiger partial charge is 0.317 e. The molecule has 0 aromatic rings. The van der Waals surface area contributed by atoms with Crippen molar-refractivity contribution < 1.29 is 9.90 Å². The van der Waals surface area contributed by atoms with Gasteiger partial charge in [-0.3, -0.25) is 9.69 Å². The first-order chi connectivity index (χ1) is 5.77. The summed E-state index contributed by atoms with van der Waals surface area (Å²) in [5.41, 5.74) is 0. The fourth-order valence-electron chi connectivity index (χ4n) is 1.53. The lowest BCUT2D eigenvalue weighted by molar-refractivity contribution is -0.139. The Labute approximate surface area is 76.1 Å². The Morgan fingerprint density at radius 3 is 2.42 bits per heavy atom. The van der Waals surface area contributed by atoms with E-state index in [2.05, 4.69) is 4.90 Å². The molecule has 12 heavy (non-hydrogen) atoms. The van der Waals surface area contributed by atoms with E-state index in [0.29, 0.717) is 12.1 Å². The standard InChI is InChI=1S/C8H13NO2S/c10-8(11)3-9(6-1-2-6)7-4-12-5-7/h6-7H,1-5H2,(H,10,11). The lowest BCUT2D eigenvalue weighted by Gasteiger charge is -2.36. The van der Waals surface area contributed by atoms with Gasteiger partial charge in [0.05, 0.1) is 6.54 Å². The number of hydrogen-bond acceptors (Lipinski definition) is 3. The van der Waals surface area contributed by atoms with E-state index in [4.69, 9.17) is 5.11 Å². The molecule has 3 nitrogen and oxygen atoms in total. The maximum absolute atomic E-state index is 10.5. The van der Waals surface area contributed by atoms with Crippen molar-refractivity contribution in [2.75, 3.05) is 18.1 Å². The molecule has 1 saturated carbocycles. The Balaban J connectivity index is 1.87. The third-order valence-electron chi connectivity index (χ3n) is 2.42. The Kier molecular flexibility index (Phi) is 2.28. The van der Waals surface area contributed by atoms with Gasteiger partial charge in [-0.2, -0.15) is 11.8 Å². The van der Waals surface area contributed by atoms with Crippen molar-refractivity contribution in [2.45, 2.75) is 24.9 Å². The number of thioether (sulfide) groups is 1. The summed E-state index contributed by atoms with van der Waals surface area (Å²) in [6, 6.07) is 1.14. The summed E-state index contributed by atoms with van der Waals surface area (Å²) in [4.78, 5) is 12.7. The number of hydrogen-bond donors (Lipinski definition) is 1. The average molecular weight is 187 g/mol. The zero-order valence-electron chi connectivity index (χ0n) is 6.90. The van der Waals surface area contributed by atoms with Crippen LogP contribution in [0.1, 0.15) is 12.8 Å². The maximum Gasteiger partial charge on any atom is 0.317 e. The summed E-state index contributed by atoms with van der Waals surface area (Å²) in [7, 11) is 0. The first kappa shape index (κ1) is 8.38. The van der Waals surface area contributed by atoms with Gasteiger partial charge in [0.15, 0.2) is 0 Å². The lowest BCUT2D eigenvalue weighted by Crippen LogP contribution is -2.47. The van der Waals surface area contributed by atoms with Crippen LogP contribution in [0.5, 0.6) is 0 Å². The van der Waals surface area contributed by atoms with Crippen molar-refractivity contribution >= 4 is 17.7 Å². The molecular weight excluding hydrogens is 174 g/mol. The van der Waals surface area contributed by atoms with E-state index in [-0.39, 0.29) is 6.54 Å². The van der Waals surface area contributed by atoms with Gasteiger partial charge in [0, 0.05) is 23.6 Å². The van der Waals surface area contributed by atoms with E-state index in [1.165, 1.54) is 12.8 Å². The number of aliphatic carboxylic acids is 1. The SMILES string of the molecule is O=C(O)CN(C1CC1)C1CSC1. The molecule has 1 N–H and O–H groups in total. The van der Waals surface area contributed by atoms with Gasteiger partial charge in [-0.1, -0.05) is 0 Å². The summed E-state index contributed by atoms with van der Waals surface area (Å²) in [6.45, 7) is 0.246. The van der Waals surface area contributed by atoms with Gasteiger partial charge in [-0.15, -0.1) is 0 Å². The van der Waals surface area contributed by atoms with Crippen LogP contribution in [0.15, 0.2) is 0 Å².